The number of benzene rings is 1. The third-order valence-electron chi connectivity index (χ3n) is 7.00. The standard InChI is InChI=1S/C29H38N10O2/c1-20-6-7-21(34-27(40)23-17-24(29(2,3)4)36-37(23)5)16-22(20)35-28-31-9-11-39(28)26-18-25(32-19-33-26)30-8-10-38-12-14-41-15-13-38/h6-7,9,11,16-19H,8,10,12-15H2,1-5H3,(H,31,35)(H,34,40)(H,30,32,33). The van der Waals surface area contributed by atoms with Gasteiger partial charge in [-0.25, -0.2) is 15.0 Å². The number of anilines is 4. The van der Waals surface area contributed by atoms with Crippen molar-refractivity contribution in [3.63, 3.8) is 0 Å². The van der Waals surface area contributed by atoms with Crippen molar-refractivity contribution in [1.82, 2.24) is 34.2 Å². The fourth-order valence-corrected chi connectivity index (χ4v) is 4.52. The summed E-state index contributed by atoms with van der Waals surface area (Å²) in [6.45, 7) is 13.4. The van der Waals surface area contributed by atoms with Gasteiger partial charge in [0.15, 0.2) is 0 Å². The number of hydrogen-bond donors (Lipinski definition) is 3. The third kappa shape index (κ3) is 6.90. The summed E-state index contributed by atoms with van der Waals surface area (Å²) >= 11 is 0. The fraction of sp³-hybridized carbons (Fsp3) is 0.414. The summed E-state index contributed by atoms with van der Waals surface area (Å²) in [6.07, 6.45) is 5.10. The van der Waals surface area contributed by atoms with Gasteiger partial charge in [-0.3, -0.25) is 18.9 Å². The van der Waals surface area contributed by atoms with Gasteiger partial charge in [0.1, 0.15) is 23.7 Å². The minimum atomic E-state index is -0.221. The maximum Gasteiger partial charge on any atom is 0.273 e. The quantitative estimate of drug-likeness (QED) is 0.282. The molecular weight excluding hydrogens is 520 g/mol. The number of morpholine rings is 1. The molecule has 12 nitrogen and oxygen atoms in total. The Balaban J connectivity index is 1.27. The van der Waals surface area contributed by atoms with Crippen LogP contribution in [0.5, 0.6) is 0 Å². The lowest BCUT2D eigenvalue weighted by atomic mass is 9.92. The number of ether oxygens (including phenoxy) is 1. The van der Waals surface area contributed by atoms with E-state index in [0.29, 0.717) is 23.1 Å². The lowest BCUT2D eigenvalue weighted by Crippen LogP contribution is -2.39. The molecule has 0 spiro atoms. The van der Waals surface area contributed by atoms with E-state index in [1.54, 1.807) is 24.3 Å². The van der Waals surface area contributed by atoms with Gasteiger partial charge in [0, 0.05) is 68.5 Å². The van der Waals surface area contributed by atoms with Crippen molar-refractivity contribution in [3.05, 3.63) is 66.0 Å². The minimum absolute atomic E-state index is 0.150. The Labute approximate surface area is 240 Å². The molecule has 3 N–H and O–H groups in total. The highest BCUT2D eigenvalue weighted by Crippen LogP contribution is 2.26. The van der Waals surface area contributed by atoms with Gasteiger partial charge in [0.05, 0.1) is 18.9 Å². The van der Waals surface area contributed by atoms with Gasteiger partial charge in [-0.15, -0.1) is 0 Å². The second-order valence-corrected chi connectivity index (χ2v) is 11.2. The number of nitrogens with zero attached hydrogens (tertiary/aromatic N) is 7. The molecule has 4 aromatic rings. The van der Waals surface area contributed by atoms with E-state index >= 15 is 0 Å². The molecule has 3 aromatic heterocycles. The summed E-state index contributed by atoms with van der Waals surface area (Å²) in [5.41, 5.74) is 3.69. The molecule has 12 heteroatoms. The highest BCUT2D eigenvalue weighted by Gasteiger charge is 2.22. The SMILES string of the molecule is Cc1ccc(NC(=O)c2cc(C(C)(C)C)nn2C)cc1Nc1nccn1-c1cc(NCCN2CCOCC2)ncn1. The number of aromatic nitrogens is 6. The Bertz CT molecular complexity index is 1500. The van der Waals surface area contributed by atoms with Crippen LogP contribution in [0.4, 0.5) is 23.1 Å². The molecule has 1 aromatic carbocycles. The molecule has 0 aliphatic carbocycles. The van der Waals surface area contributed by atoms with E-state index in [1.807, 2.05) is 48.0 Å². The third-order valence-corrected chi connectivity index (χ3v) is 7.00. The molecule has 5 rings (SSSR count). The van der Waals surface area contributed by atoms with Crippen molar-refractivity contribution in [1.29, 1.82) is 0 Å². The second kappa shape index (κ2) is 12.1. The van der Waals surface area contributed by atoms with Crippen LogP contribution in [-0.4, -0.2) is 79.5 Å². The first-order valence-corrected chi connectivity index (χ1v) is 13.8. The van der Waals surface area contributed by atoms with Crippen molar-refractivity contribution in [2.75, 3.05) is 55.3 Å². The first-order chi connectivity index (χ1) is 19.7. The Kier molecular flexibility index (Phi) is 8.31. The normalized spacial score (nSPS) is 14.2. The van der Waals surface area contributed by atoms with Crippen LogP contribution in [-0.2, 0) is 17.2 Å². The van der Waals surface area contributed by atoms with E-state index < -0.39 is 0 Å². The van der Waals surface area contributed by atoms with Crippen LogP contribution < -0.4 is 16.0 Å². The van der Waals surface area contributed by atoms with Crippen molar-refractivity contribution < 1.29 is 9.53 Å². The Morgan fingerprint density at radius 1 is 1.07 bits per heavy atom. The highest BCUT2D eigenvalue weighted by atomic mass is 16.5. The van der Waals surface area contributed by atoms with Crippen LogP contribution in [0.25, 0.3) is 5.82 Å². The number of imidazole rings is 1. The van der Waals surface area contributed by atoms with E-state index in [9.17, 15) is 4.79 Å². The van der Waals surface area contributed by atoms with Crippen LogP contribution in [0, 0.1) is 6.92 Å². The predicted octanol–water partition coefficient (Wildman–Crippen LogP) is 3.74. The largest absolute Gasteiger partial charge is 0.379 e. The van der Waals surface area contributed by atoms with Gasteiger partial charge in [0.25, 0.3) is 5.91 Å². The zero-order valence-electron chi connectivity index (χ0n) is 24.3. The van der Waals surface area contributed by atoms with Crippen LogP contribution in [0.1, 0.15) is 42.5 Å². The maximum absolute atomic E-state index is 13.1. The van der Waals surface area contributed by atoms with Gasteiger partial charge in [-0.05, 0) is 30.7 Å². The van der Waals surface area contributed by atoms with Gasteiger partial charge < -0.3 is 20.7 Å². The van der Waals surface area contributed by atoms with Crippen molar-refractivity contribution in [2.45, 2.75) is 33.1 Å². The Hall–Kier alpha value is -4.29. The first-order valence-electron chi connectivity index (χ1n) is 13.8. The lowest BCUT2D eigenvalue weighted by Gasteiger charge is -2.26. The predicted molar refractivity (Wildman–Crippen MR) is 159 cm³/mol. The molecule has 0 unspecified atom stereocenters. The molecule has 1 fully saturated rings. The maximum atomic E-state index is 13.1. The molecule has 1 amide bonds. The summed E-state index contributed by atoms with van der Waals surface area (Å²) < 4.78 is 8.90. The molecule has 1 aliphatic rings. The number of carbonyl (C=O) groups is 1. The van der Waals surface area contributed by atoms with Crippen LogP contribution in [0.15, 0.2) is 49.1 Å². The monoisotopic (exact) mass is 558 g/mol. The summed E-state index contributed by atoms with van der Waals surface area (Å²) in [7, 11) is 1.78. The van der Waals surface area contributed by atoms with E-state index in [2.05, 4.69) is 61.7 Å². The minimum Gasteiger partial charge on any atom is -0.379 e. The van der Waals surface area contributed by atoms with Gasteiger partial charge in [0.2, 0.25) is 5.95 Å². The van der Waals surface area contributed by atoms with Crippen LogP contribution in [0.3, 0.4) is 0 Å². The zero-order chi connectivity index (χ0) is 29.0. The number of rotatable bonds is 9. The summed E-state index contributed by atoms with van der Waals surface area (Å²) in [4.78, 5) is 28.8. The van der Waals surface area contributed by atoms with E-state index in [-0.39, 0.29) is 11.3 Å². The fourth-order valence-electron chi connectivity index (χ4n) is 4.52. The summed E-state index contributed by atoms with van der Waals surface area (Å²) in [5, 5.41) is 14.3. The smallest absolute Gasteiger partial charge is 0.273 e. The van der Waals surface area contributed by atoms with Crippen molar-refractivity contribution in [3.8, 4) is 5.82 Å². The molecule has 4 heterocycles. The molecule has 216 valence electrons. The molecule has 0 saturated carbocycles. The van der Waals surface area contributed by atoms with Crippen molar-refractivity contribution >= 4 is 29.0 Å². The average Bonchev–Trinajstić information content (AvgIpc) is 3.58. The molecule has 0 bridgehead atoms. The Morgan fingerprint density at radius 2 is 1.88 bits per heavy atom. The topological polar surface area (TPSA) is 127 Å². The summed E-state index contributed by atoms with van der Waals surface area (Å²) in [5.74, 6) is 1.80. The summed E-state index contributed by atoms with van der Waals surface area (Å²) in [6, 6.07) is 9.47. The van der Waals surface area contributed by atoms with Crippen LogP contribution in [0.2, 0.25) is 0 Å². The lowest BCUT2D eigenvalue weighted by molar-refractivity contribution is 0.0398. The first kappa shape index (κ1) is 28.2. The van der Waals surface area contributed by atoms with Crippen LogP contribution >= 0.6 is 0 Å². The number of aryl methyl sites for hydroxylation is 2. The highest BCUT2D eigenvalue weighted by molar-refractivity contribution is 6.03. The molecular formula is C29H38N10O2. The number of hydrogen-bond acceptors (Lipinski definition) is 9. The van der Waals surface area contributed by atoms with E-state index in [4.69, 9.17) is 4.74 Å². The van der Waals surface area contributed by atoms with Crippen molar-refractivity contribution in [2.24, 2.45) is 7.05 Å². The second-order valence-electron chi connectivity index (χ2n) is 11.2. The molecule has 1 saturated heterocycles. The number of carbonyl (C=O) groups excluding carboxylic acids is 1. The zero-order valence-corrected chi connectivity index (χ0v) is 24.3. The number of amides is 1. The molecule has 41 heavy (non-hydrogen) atoms. The van der Waals surface area contributed by atoms with E-state index in [0.717, 1.165) is 62.2 Å². The molecule has 1 aliphatic heterocycles. The molecule has 0 atom stereocenters. The van der Waals surface area contributed by atoms with Gasteiger partial charge in [-0.1, -0.05) is 26.8 Å². The number of nitrogens with one attached hydrogen (secondary N) is 3. The van der Waals surface area contributed by atoms with E-state index in [1.165, 1.54) is 0 Å². The average molecular weight is 559 g/mol. The van der Waals surface area contributed by atoms with Gasteiger partial charge >= 0.3 is 0 Å². The molecule has 0 radical (unpaired) electrons. The van der Waals surface area contributed by atoms with Gasteiger partial charge in [-0.2, -0.15) is 5.10 Å². The Morgan fingerprint density at radius 3 is 2.63 bits per heavy atom.